The molecule has 0 spiro atoms. The molecule has 0 saturated heterocycles. The lowest BCUT2D eigenvalue weighted by molar-refractivity contribution is 0.231. The van der Waals surface area contributed by atoms with E-state index in [0.29, 0.717) is 17.9 Å². The van der Waals surface area contributed by atoms with Gasteiger partial charge in [-0.05, 0) is 55.3 Å². The zero-order valence-electron chi connectivity index (χ0n) is 11.6. The Morgan fingerprint density at radius 1 is 1.42 bits per heavy atom. The number of aliphatic hydroxyl groups is 1. The van der Waals surface area contributed by atoms with Crippen molar-refractivity contribution >= 4 is 0 Å². The molecular weight excluding hydrogens is 241 g/mol. The fraction of sp³-hybridized carbons (Fsp3) is 0.625. The summed E-state index contributed by atoms with van der Waals surface area (Å²) in [6.45, 7) is 3.42. The van der Waals surface area contributed by atoms with Crippen molar-refractivity contribution in [3.8, 4) is 0 Å². The van der Waals surface area contributed by atoms with Crippen LogP contribution in [-0.2, 0) is 0 Å². The molecule has 1 atom stereocenters. The van der Waals surface area contributed by atoms with Crippen molar-refractivity contribution in [1.29, 1.82) is 0 Å². The number of benzene rings is 1. The molecule has 1 saturated carbocycles. The standard InChI is InChI=1S/C16H24FNO/c1-2-12(6-7-19)11-18-16-9-14(10-16)13-4-3-5-15(17)8-13/h3-5,8,12,14,16,18-19H,2,6-7,9-11H2,1H3. The first-order valence-electron chi connectivity index (χ1n) is 7.32. The van der Waals surface area contributed by atoms with Gasteiger partial charge in [0, 0.05) is 12.6 Å². The number of nitrogens with one attached hydrogen (secondary N) is 1. The Kier molecular flexibility index (Phi) is 5.34. The van der Waals surface area contributed by atoms with E-state index in [-0.39, 0.29) is 12.4 Å². The van der Waals surface area contributed by atoms with E-state index in [4.69, 9.17) is 5.11 Å². The molecule has 0 amide bonds. The van der Waals surface area contributed by atoms with Crippen LogP contribution in [0.4, 0.5) is 4.39 Å². The molecular formula is C16H24FNO. The Balaban J connectivity index is 1.71. The second kappa shape index (κ2) is 7.01. The zero-order valence-corrected chi connectivity index (χ0v) is 11.6. The molecule has 3 heteroatoms. The summed E-state index contributed by atoms with van der Waals surface area (Å²) in [5, 5.41) is 12.5. The van der Waals surface area contributed by atoms with Gasteiger partial charge in [0.25, 0.3) is 0 Å². The van der Waals surface area contributed by atoms with Crippen molar-refractivity contribution in [2.24, 2.45) is 5.92 Å². The summed E-state index contributed by atoms with van der Waals surface area (Å²) in [7, 11) is 0. The highest BCUT2D eigenvalue weighted by atomic mass is 19.1. The molecule has 1 aliphatic carbocycles. The van der Waals surface area contributed by atoms with Crippen molar-refractivity contribution in [2.75, 3.05) is 13.2 Å². The topological polar surface area (TPSA) is 32.3 Å². The molecule has 0 aliphatic heterocycles. The van der Waals surface area contributed by atoms with Gasteiger partial charge in [0.1, 0.15) is 5.82 Å². The molecule has 1 aliphatic rings. The highest BCUT2D eigenvalue weighted by molar-refractivity contribution is 5.23. The van der Waals surface area contributed by atoms with Crippen LogP contribution in [0.2, 0.25) is 0 Å². The van der Waals surface area contributed by atoms with Gasteiger partial charge in [-0.15, -0.1) is 0 Å². The average Bonchev–Trinajstić information content (AvgIpc) is 2.35. The molecule has 1 aromatic rings. The highest BCUT2D eigenvalue weighted by Crippen LogP contribution is 2.37. The van der Waals surface area contributed by atoms with Gasteiger partial charge in [0.05, 0.1) is 0 Å². The summed E-state index contributed by atoms with van der Waals surface area (Å²) < 4.78 is 13.1. The van der Waals surface area contributed by atoms with Gasteiger partial charge < -0.3 is 10.4 Å². The predicted molar refractivity (Wildman–Crippen MR) is 75.6 cm³/mol. The predicted octanol–water partition coefficient (Wildman–Crippen LogP) is 3.07. The van der Waals surface area contributed by atoms with Gasteiger partial charge >= 0.3 is 0 Å². The zero-order chi connectivity index (χ0) is 13.7. The Labute approximate surface area is 115 Å². The van der Waals surface area contributed by atoms with E-state index >= 15 is 0 Å². The maximum atomic E-state index is 13.1. The van der Waals surface area contributed by atoms with Gasteiger partial charge in [-0.3, -0.25) is 0 Å². The lowest BCUT2D eigenvalue weighted by Crippen LogP contribution is -2.42. The van der Waals surface area contributed by atoms with Crippen molar-refractivity contribution in [2.45, 2.75) is 44.6 Å². The number of hydrogen-bond donors (Lipinski definition) is 2. The minimum atomic E-state index is -0.136. The van der Waals surface area contributed by atoms with Crippen LogP contribution in [-0.4, -0.2) is 24.3 Å². The Hall–Kier alpha value is -0.930. The summed E-state index contributed by atoms with van der Waals surface area (Å²) in [5.41, 5.74) is 1.13. The molecule has 1 fully saturated rings. The normalized spacial score (nSPS) is 23.9. The van der Waals surface area contributed by atoms with Crippen LogP contribution in [0, 0.1) is 11.7 Å². The number of rotatable bonds is 7. The molecule has 0 radical (unpaired) electrons. The summed E-state index contributed by atoms with van der Waals surface area (Å²) in [5.74, 6) is 0.937. The molecule has 19 heavy (non-hydrogen) atoms. The SMILES string of the molecule is CCC(CCO)CNC1CC(c2cccc(F)c2)C1. The lowest BCUT2D eigenvalue weighted by Gasteiger charge is -2.37. The Bertz CT molecular complexity index is 390. The van der Waals surface area contributed by atoms with E-state index in [1.54, 1.807) is 12.1 Å². The Morgan fingerprint density at radius 2 is 2.21 bits per heavy atom. The lowest BCUT2D eigenvalue weighted by atomic mass is 9.75. The largest absolute Gasteiger partial charge is 0.396 e. The van der Waals surface area contributed by atoms with Gasteiger partial charge in [0.15, 0.2) is 0 Å². The van der Waals surface area contributed by atoms with Crippen molar-refractivity contribution in [3.63, 3.8) is 0 Å². The maximum absolute atomic E-state index is 13.1. The first-order valence-corrected chi connectivity index (χ1v) is 7.32. The summed E-state index contributed by atoms with van der Waals surface area (Å²) >= 11 is 0. The fourth-order valence-electron chi connectivity index (χ4n) is 2.78. The van der Waals surface area contributed by atoms with Gasteiger partial charge in [0.2, 0.25) is 0 Å². The maximum Gasteiger partial charge on any atom is 0.123 e. The van der Waals surface area contributed by atoms with Crippen LogP contribution >= 0.6 is 0 Å². The first-order chi connectivity index (χ1) is 9.22. The number of halogens is 1. The van der Waals surface area contributed by atoms with Crippen LogP contribution in [0.1, 0.15) is 44.1 Å². The van der Waals surface area contributed by atoms with E-state index in [0.717, 1.165) is 37.8 Å². The molecule has 1 aromatic carbocycles. The number of aliphatic hydroxyl groups excluding tert-OH is 1. The minimum Gasteiger partial charge on any atom is -0.396 e. The molecule has 0 bridgehead atoms. The summed E-state index contributed by atoms with van der Waals surface area (Å²) in [6.07, 6.45) is 4.18. The van der Waals surface area contributed by atoms with E-state index < -0.39 is 0 Å². The minimum absolute atomic E-state index is 0.136. The fourth-order valence-corrected chi connectivity index (χ4v) is 2.78. The van der Waals surface area contributed by atoms with Crippen LogP contribution in [0.5, 0.6) is 0 Å². The molecule has 0 aromatic heterocycles. The smallest absolute Gasteiger partial charge is 0.123 e. The van der Waals surface area contributed by atoms with Crippen molar-refractivity contribution in [1.82, 2.24) is 5.32 Å². The van der Waals surface area contributed by atoms with E-state index in [9.17, 15) is 4.39 Å². The van der Waals surface area contributed by atoms with E-state index in [1.165, 1.54) is 6.07 Å². The Morgan fingerprint density at radius 3 is 2.84 bits per heavy atom. The second-order valence-electron chi connectivity index (χ2n) is 5.62. The third-order valence-electron chi connectivity index (χ3n) is 4.27. The van der Waals surface area contributed by atoms with Crippen molar-refractivity contribution in [3.05, 3.63) is 35.6 Å². The monoisotopic (exact) mass is 265 g/mol. The third-order valence-corrected chi connectivity index (χ3v) is 4.27. The van der Waals surface area contributed by atoms with Gasteiger partial charge in [-0.1, -0.05) is 25.5 Å². The molecule has 1 unspecified atom stereocenters. The summed E-state index contributed by atoms with van der Waals surface area (Å²) in [4.78, 5) is 0. The third kappa shape index (κ3) is 4.02. The molecule has 0 heterocycles. The average molecular weight is 265 g/mol. The van der Waals surface area contributed by atoms with Crippen molar-refractivity contribution < 1.29 is 9.50 Å². The van der Waals surface area contributed by atoms with E-state index in [1.807, 2.05) is 6.07 Å². The van der Waals surface area contributed by atoms with Gasteiger partial charge in [-0.2, -0.15) is 0 Å². The number of hydrogen-bond acceptors (Lipinski definition) is 2. The highest BCUT2D eigenvalue weighted by Gasteiger charge is 2.30. The van der Waals surface area contributed by atoms with Gasteiger partial charge in [-0.25, -0.2) is 4.39 Å². The second-order valence-corrected chi connectivity index (χ2v) is 5.62. The molecule has 2 N–H and O–H groups in total. The molecule has 2 rings (SSSR count). The van der Waals surface area contributed by atoms with Crippen LogP contribution in [0.3, 0.4) is 0 Å². The van der Waals surface area contributed by atoms with Crippen LogP contribution in [0.15, 0.2) is 24.3 Å². The van der Waals surface area contributed by atoms with Crippen LogP contribution < -0.4 is 5.32 Å². The summed E-state index contributed by atoms with van der Waals surface area (Å²) in [6, 6.07) is 7.52. The quantitative estimate of drug-likeness (QED) is 0.794. The van der Waals surface area contributed by atoms with E-state index in [2.05, 4.69) is 12.2 Å². The first kappa shape index (κ1) is 14.5. The van der Waals surface area contributed by atoms with Crippen LogP contribution in [0.25, 0.3) is 0 Å². The molecule has 2 nitrogen and oxygen atoms in total. The molecule has 106 valence electrons.